The van der Waals surface area contributed by atoms with Crippen LogP contribution in [0, 0.1) is 0 Å². The Labute approximate surface area is 138 Å². The van der Waals surface area contributed by atoms with Crippen LogP contribution in [0.4, 0.5) is 0 Å². The van der Waals surface area contributed by atoms with Crippen LogP contribution in [0.2, 0.25) is 10.0 Å². The zero-order chi connectivity index (χ0) is 14.7. The molecule has 2 aromatic carbocycles. The molecule has 0 heterocycles. The molecule has 2 rings (SSSR count). The standard InChI is InChI=1S/C16H16BrCl2N/c1-10(12-4-3-5-13(17)8-12)20-11(2)15-7-6-14(18)9-16(15)19/h3-11,20H,1-2H3/t10-,11?/m1/s1. The third-order valence-corrected chi connectivity index (χ3v) is 4.33. The first-order chi connectivity index (χ1) is 9.47. The third-order valence-electron chi connectivity index (χ3n) is 3.28. The van der Waals surface area contributed by atoms with E-state index in [1.54, 1.807) is 6.07 Å². The molecule has 0 aliphatic carbocycles. The lowest BCUT2D eigenvalue weighted by Crippen LogP contribution is -2.22. The van der Waals surface area contributed by atoms with E-state index in [-0.39, 0.29) is 12.1 Å². The van der Waals surface area contributed by atoms with Crippen LogP contribution in [0.25, 0.3) is 0 Å². The van der Waals surface area contributed by atoms with Gasteiger partial charge in [-0.2, -0.15) is 0 Å². The second-order valence-electron chi connectivity index (χ2n) is 4.83. The number of benzene rings is 2. The molecular formula is C16H16BrCl2N. The molecule has 0 bridgehead atoms. The van der Waals surface area contributed by atoms with Gasteiger partial charge in [-0.05, 0) is 49.2 Å². The van der Waals surface area contributed by atoms with Crippen molar-refractivity contribution in [2.75, 3.05) is 0 Å². The first-order valence-electron chi connectivity index (χ1n) is 6.44. The maximum Gasteiger partial charge on any atom is 0.0468 e. The highest BCUT2D eigenvalue weighted by molar-refractivity contribution is 9.10. The lowest BCUT2D eigenvalue weighted by atomic mass is 10.0. The van der Waals surface area contributed by atoms with E-state index in [0.717, 1.165) is 10.0 Å². The molecule has 2 atom stereocenters. The van der Waals surface area contributed by atoms with Crippen LogP contribution in [0.5, 0.6) is 0 Å². The fourth-order valence-electron chi connectivity index (χ4n) is 2.19. The van der Waals surface area contributed by atoms with Gasteiger partial charge in [-0.3, -0.25) is 0 Å². The Morgan fingerprint density at radius 2 is 1.75 bits per heavy atom. The van der Waals surface area contributed by atoms with E-state index in [4.69, 9.17) is 23.2 Å². The molecule has 4 heteroatoms. The molecule has 0 saturated heterocycles. The van der Waals surface area contributed by atoms with E-state index in [2.05, 4.69) is 47.2 Å². The molecule has 0 aromatic heterocycles. The summed E-state index contributed by atoms with van der Waals surface area (Å²) in [6.07, 6.45) is 0. The number of halogens is 3. The van der Waals surface area contributed by atoms with Crippen LogP contribution < -0.4 is 5.32 Å². The normalized spacial score (nSPS) is 14.1. The summed E-state index contributed by atoms with van der Waals surface area (Å²) >= 11 is 15.7. The molecule has 1 nitrogen and oxygen atoms in total. The highest BCUT2D eigenvalue weighted by Crippen LogP contribution is 2.28. The van der Waals surface area contributed by atoms with Gasteiger partial charge in [0.25, 0.3) is 0 Å². The lowest BCUT2D eigenvalue weighted by molar-refractivity contribution is 0.494. The quantitative estimate of drug-likeness (QED) is 0.676. The fourth-order valence-corrected chi connectivity index (χ4v) is 3.18. The fraction of sp³-hybridized carbons (Fsp3) is 0.250. The zero-order valence-corrected chi connectivity index (χ0v) is 14.4. The molecule has 106 valence electrons. The topological polar surface area (TPSA) is 12.0 Å². The molecule has 0 fully saturated rings. The molecule has 0 aliphatic rings. The second kappa shape index (κ2) is 6.95. The summed E-state index contributed by atoms with van der Waals surface area (Å²) in [7, 11) is 0. The van der Waals surface area contributed by atoms with Gasteiger partial charge in [0.2, 0.25) is 0 Å². The molecule has 0 amide bonds. The van der Waals surface area contributed by atoms with Gasteiger partial charge in [0.1, 0.15) is 0 Å². The van der Waals surface area contributed by atoms with Gasteiger partial charge >= 0.3 is 0 Å². The Kier molecular flexibility index (Phi) is 5.50. The Morgan fingerprint density at radius 3 is 2.40 bits per heavy atom. The molecule has 0 aliphatic heterocycles. The monoisotopic (exact) mass is 371 g/mol. The van der Waals surface area contributed by atoms with Gasteiger partial charge in [0, 0.05) is 26.6 Å². The van der Waals surface area contributed by atoms with Crippen molar-refractivity contribution in [2.45, 2.75) is 25.9 Å². The van der Waals surface area contributed by atoms with Crippen molar-refractivity contribution >= 4 is 39.1 Å². The average Bonchev–Trinajstić information content (AvgIpc) is 2.38. The van der Waals surface area contributed by atoms with Crippen LogP contribution in [0.1, 0.15) is 37.1 Å². The number of nitrogens with one attached hydrogen (secondary N) is 1. The van der Waals surface area contributed by atoms with Crippen molar-refractivity contribution in [2.24, 2.45) is 0 Å². The first-order valence-corrected chi connectivity index (χ1v) is 7.98. The number of hydrogen-bond donors (Lipinski definition) is 1. The van der Waals surface area contributed by atoms with Crippen molar-refractivity contribution in [3.8, 4) is 0 Å². The molecule has 0 saturated carbocycles. The Bertz CT molecular complexity index is 601. The van der Waals surface area contributed by atoms with Gasteiger partial charge in [-0.1, -0.05) is 57.3 Å². The highest BCUT2D eigenvalue weighted by atomic mass is 79.9. The third kappa shape index (κ3) is 3.98. The molecule has 2 aromatic rings. The summed E-state index contributed by atoms with van der Waals surface area (Å²) < 4.78 is 1.08. The minimum absolute atomic E-state index is 0.147. The van der Waals surface area contributed by atoms with E-state index >= 15 is 0 Å². The van der Waals surface area contributed by atoms with Gasteiger partial charge in [0.05, 0.1) is 0 Å². The van der Waals surface area contributed by atoms with Crippen LogP contribution in [-0.2, 0) is 0 Å². The first kappa shape index (κ1) is 15.8. The summed E-state index contributed by atoms with van der Waals surface area (Å²) in [5, 5.41) is 4.90. The number of hydrogen-bond acceptors (Lipinski definition) is 1. The van der Waals surface area contributed by atoms with Crippen LogP contribution in [0.15, 0.2) is 46.9 Å². The SMILES string of the molecule is CC(N[C@H](C)c1cccc(Br)c1)c1ccc(Cl)cc1Cl. The molecule has 1 unspecified atom stereocenters. The highest BCUT2D eigenvalue weighted by Gasteiger charge is 2.14. The maximum atomic E-state index is 6.25. The zero-order valence-electron chi connectivity index (χ0n) is 11.3. The largest absolute Gasteiger partial charge is 0.304 e. The molecular weight excluding hydrogens is 357 g/mol. The minimum atomic E-state index is 0.147. The van der Waals surface area contributed by atoms with Gasteiger partial charge < -0.3 is 5.32 Å². The van der Waals surface area contributed by atoms with E-state index in [9.17, 15) is 0 Å². The Balaban J connectivity index is 2.12. The van der Waals surface area contributed by atoms with Gasteiger partial charge in [0.15, 0.2) is 0 Å². The molecule has 0 spiro atoms. The maximum absolute atomic E-state index is 6.25. The van der Waals surface area contributed by atoms with E-state index < -0.39 is 0 Å². The van der Waals surface area contributed by atoms with E-state index in [0.29, 0.717) is 10.0 Å². The van der Waals surface area contributed by atoms with Crippen molar-refractivity contribution in [3.05, 3.63) is 68.1 Å². The van der Waals surface area contributed by atoms with Gasteiger partial charge in [-0.25, -0.2) is 0 Å². The average molecular weight is 373 g/mol. The smallest absolute Gasteiger partial charge is 0.0468 e. The summed E-state index contributed by atoms with van der Waals surface area (Å²) in [6.45, 7) is 4.24. The molecule has 20 heavy (non-hydrogen) atoms. The van der Waals surface area contributed by atoms with E-state index in [1.165, 1.54) is 5.56 Å². The summed E-state index contributed by atoms with van der Waals surface area (Å²) in [4.78, 5) is 0. The Hall–Kier alpha value is -0.540. The van der Waals surface area contributed by atoms with Crippen LogP contribution in [0.3, 0.4) is 0 Å². The Morgan fingerprint density at radius 1 is 1.00 bits per heavy atom. The summed E-state index contributed by atoms with van der Waals surface area (Å²) in [5.74, 6) is 0. The second-order valence-corrected chi connectivity index (χ2v) is 6.59. The van der Waals surface area contributed by atoms with Gasteiger partial charge in [-0.15, -0.1) is 0 Å². The van der Waals surface area contributed by atoms with Crippen molar-refractivity contribution in [1.29, 1.82) is 0 Å². The van der Waals surface area contributed by atoms with E-state index in [1.807, 2.05) is 24.3 Å². The predicted octanol–water partition coefficient (Wildman–Crippen LogP) is 6.17. The van der Waals surface area contributed by atoms with Crippen LogP contribution in [-0.4, -0.2) is 0 Å². The van der Waals surface area contributed by atoms with Crippen molar-refractivity contribution in [1.82, 2.24) is 5.32 Å². The van der Waals surface area contributed by atoms with Crippen LogP contribution >= 0.6 is 39.1 Å². The predicted molar refractivity (Wildman–Crippen MR) is 90.6 cm³/mol. The summed E-state index contributed by atoms with van der Waals surface area (Å²) in [5.41, 5.74) is 2.29. The molecule has 1 N–H and O–H groups in total. The summed E-state index contributed by atoms with van der Waals surface area (Å²) in [6, 6.07) is 14.3. The number of rotatable bonds is 4. The minimum Gasteiger partial charge on any atom is -0.304 e. The van der Waals surface area contributed by atoms with Crippen molar-refractivity contribution in [3.63, 3.8) is 0 Å². The lowest BCUT2D eigenvalue weighted by Gasteiger charge is -2.22. The molecule has 0 radical (unpaired) electrons. The van der Waals surface area contributed by atoms with Crippen molar-refractivity contribution < 1.29 is 0 Å².